The number of rotatable bonds is 3. The summed E-state index contributed by atoms with van der Waals surface area (Å²) < 4.78 is 0. The second kappa shape index (κ2) is 7.34. The van der Waals surface area contributed by atoms with Crippen molar-refractivity contribution in [1.82, 2.24) is 4.90 Å². The molecular formula is C18H31N. The van der Waals surface area contributed by atoms with Crippen molar-refractivity contribution < 1.29 is 0 Å². The lowest BCUT2D eigenvalue weighted by Crippen LogP contribution is -2.51. The average molecular weight is 261 g/mol. The van der Waals surface area contributed by atoms with E-state index >= 15 is 0 Å². The first-order chi connectivity index (χ1) is 9.23. The van der Waals surface area contributed by atoms with Crippen molar-refractivity contribution >= 4 is 0 Å². The van der Waals surface area contributed by atoms with Crippen LogP contribution in [0.25, 0.3) is 0 Å². The predicted octanol–water partition coefficient (Wildman–Crippen LogP) is 4.61. The van der Waals surface area contributed by atoms with Gasteiger partial charge in [-0.05, 0) is 51.1 Å². The first-order valence-electron chi connectivity index (χ1n) is 8.48. The van der Waals surface area contributed by atoms with Crippen LogP contribution in [0.15, 0.2) is 0 Å². The second-order valence-electron chi connectivity index (χ2n) is 6.87. The van der Waals surface area contributed by atoms with Gasteiger partial charge in [-0.3, -0.25) is 4.90 Å². The van der Waals surface area contributed by atoms with E-state index in [9.17, 15) is 0 Å². The van der Waals surface area contributed by atoms with Gasteiger partial charge in [0, 0.05) is 6.42 Å². The van der Waals surface area contributed by atoms with Crippen LogP contribution in [0.1, 0.15) is 78.1 Å². The Morgan fingerprint density at radius 3 is 2.21 bits per heavy atom. The Morgan fingerprint density at radius 2 is 1.58 bits per heavy atom. The highest BCUT2D eigenvalue weighted by molar-refractivity contribution is 5.19. The fourth-order valence-electron chi connectivity index (χ4n) is 3.57. The van der Waals surface area contributed by atoms with E-state index in [0.29, 0.717) is 0 Å². The maximum Gasteiger partial charge on any atom is 0.0825 e. The minimum absolute atomic E-state index is 0.260. The van der Waals surface area contributed by atoms with E-state index < -0.39 is 0 Å². The van der Waals surface area contributed by atoms with E-state index in [2.05, 4.69) is 30.6 Å². The lowest BCUT2D eigenvalue weighted by atomic mass is 9.79. The molecule has 0 N–H and O–H groups in total. The number of nitrogens with zero attached hydrogens (tertiary/aromatic N) is 1. The van der Waals surface area contributed by atoms with Crippen molar-refractivity contribution in [1.29, 1.82) is 0 Å². The molecule has 1 aliphatic carbocycles. The van der Waals surface area contributed by atoms with Gasteiger partial charge in [-0.25, -0.2) is 0 Å². The molecule has 0 atom stereocenters. The smallest absolute Gasteiger partial charge is 0.0825 e. The van der Waals surface area contributed by atoms with Gasteiger partial charge in [-0.1, -0.05) is 45.5 Å². The molecule has 1 nitrogen and oxygen atoms in total. The zero-order chi connectivity index (χ0) is 13.6. The topological polar surface area (TPSA) is 3.24 Å². The van der Waals surface area contributed by atoms with E-state index in [1.807, 2.05) is 0 Å². The number of piperidine rings is 1. The van der Waals surface area contributed by atoms with Crippen molar-refractivity contribution in [3.8, 4) is 11.8 Å². The van der Waals surface area contributed by atoms with E-state index in [1.165, 1.54) is 70.9 Å². The van der Waals surface area contributed by atoms with Crippen molar-refractivity contribution in [2.24, 2.45) is 5.92 Å². The molecule has 2 aliphatic rings. The highest BCUT2D eigenvalue weighted by Crippen LogP contribution is 2.35. The van der Waals surface area contributed by atoms with Crippen molar-refractivity contribution in [2.75, 3.05) is 13.1 Å². The molecule has 0 amide bonds. The molecule has 0 aromatic carbocycles. The Balaban J connectivity index is 2.01. The molecular weight excluding hydrogens is 230 g/mol. The number of hydrogen-bond acceptors (Lipinski definition) is 1. The summed E-state index contributed by atoms with van der Waals surface area (Å²) in [5, 5.41) is 0. The summed E-state index contributed by atoms with van der Waals surface area (Å²) in [6.45, 7) is 7.17. The van der Waals surface area contributed by atoms with E-state index in [1.54, 1.807) is 0 Å². The van der Waals surface area contributed by atoms with Gasteiger partial charge in [0.1, 0.15) is 0 Å². The van der Waals surface area contributed by atoms with E-state index in [0.717, 1.165) is 12.3 Å². The van der Waals surface area contributed by atoms with Gasteiger partial charge < -0.3 is 0 Å². The number of hydrogen-bond donors (Lipinski definition) is 0. The molecule has 0 radical (unpaired) electrons. The minimum Gasteiger partial charge on any atom is -0.287 e. The van der Waals surface area contributed by atoms with Gasteiger partial charge >= 0.3 is 0 Å². The lowest BCUT2D eigenvalue weighted by molar-refractivity contribution is 0.0792. The van der Waals surface area contributed by atoms with Gasteiger partial charge in [0.05, 0.1) is 5.54 Å². The summed E-state index contributed by atoms with van der Waals surface area (Å²) >= 11 is 0. The maximum absolute atomic E-state index is 3.74. The molecule has 0 unspecified atom stereocenters. The molecule has 2 fully saturated rings. The predicted molar refractivity (Wildman–Crippen MR) is 83.1 cm³/mol. The first-order valence-corrected chi connectivity index (χ1v) is 8.48. The maximum atomic E-state index is 3.74. The van der Waals surface area contributed by atoms with Crippen LogP contribution in [0.2, 0.25) is 0 Å². The minimum atomic E-state index is 0.260. The number of likely N-dealkylation sites (tertiary alicyclic amines) is 1. The third-order valence-corrected chi connectivity index (χ3v) is 4.81. The molecule has 1 heterocycles. The van der Waals surface area contributed by atoms with Crippen molar-refractivity contribution in [3.05, 3.63) is 0 Å². The molecule has 0 bridgehead atoms. The van der Waals surface area contributed by atoms with Gasteiger partial charge in [0.25, 0.3) is 0 Å². The molecule has 108 valence electrons. The molecule has 1 saturated carbocycles. The second-order valence-corrected chi connectivity index (χ2v) is 6.87. The summed E-state index contributed by atoms with van der Waals surface area (Å²) in [7, 11) is 0. The van der Waals surface area contributed by atoms with Crippen molar-refractivity contribution in [2.45, 2.75) is 83.6 Å². The van der Waals surface area contributed by atoms with Gasteiger partial charge in [0.2, 0.25) is 0 Å². The molecule has 1 aliphatic heterocycles. The van der Waals surface area contributed by atoms with Crippen LogP contribution in [0, 0.1) is 17.8 Å². The fourth-order valence-corrected chi connectivity index (χ4v) is 3.57. The third kappa shape index (κ3) is 4.25. The Morgan fingerprint density at radius 1 is 0.947 bits per heavy atom. The van der Waals surface area contributed by atoms with Gasteiger partial charge in [-0.15, -0.1) is 5.92 Å². The molecule has 1 heteroatoms. The van der Waals surface area contributed by atoms with Crippen LogP contribution >= 0.6 is 0 Å². The van der Waals surface area contributed by atoms with Crippen LogP contribution in [-0.4, -0.2) is 23.5 Å². The van der Waals surface area contributed by atoms with Crippen molar-refractivity contribution in [3.63, 3.8) is 0 Å². The molecule has 2 rings (SSSR count). The normalized spacial score (nSPS) is 23.9. The lowest BCUT2D eigenvalue weighted by Gasteiger charge is -2.45. The first kappa shape index (κ1) is 14.9. The van der Waals surface area contributed by atoms with E-state index in [4.69, 9.17) is 0 Å². The summed E-state index contributed by atoms with van der Waals surface area (Å²) in [5.41, 5.74) is 0.260. The standard InChI is InChI=1S/C18H31N/c1-17(2)11-5-8-14-18(12-6-3-7-13-18)19-15-9-4-10-16-19/h17H,3-7,9-13,15-16H2,1-2H3. The largest absolute Gasteiger partial charge is 0.287 e. The summed E-state index contributed by atoms with van der Waals surface area (Å²) in [6.07, 6.45) is 13.4. The van der Waals surface area contributed by atoms with Crippen LogP contribution in [0.4, 0.5) is 0 Å². The van der Waals surface area contributed by atoms with E-state index in [-0.39, 0.29) is 5.54 Å². The van der Waals surface area contributed by atoms with Crippen LogP contribution < -0.4 is 0 Å². The third-order valence-electron chi connectivity index (χ3n) is 4.81. The molecule has 19 heavy (non-hydrogen) atoms. The quantitative estimate of drug-likeness (QED) is 0.670. The monoisotopic (exact) mass is 261 g/mol. The summed E-state index contributed by atoms with van der Waals surface area (Å²) in [4.78, 5) is 2.73. The Hall–Kier alpha value is -0.480. The molecule has 0 spiro atoms. The molecule has 1 saturated heterocycles. The average Bonchev–Trinajstić information content (AvgIpc) is 2.45. The Kier molecular flexibility index (Phi) is 5.76. The molecule has 0 aromatic heterocycles. The van der Waals surface area contributed by atoms with Gasteiger partial charge in [0.15, 0.2) is 0 Å². The highest BCUT2D eigenvalue weighted by Gasteiger charge is 2.36. The zero-order valence-electron chi connectivity index (χ0n) is 13.0. The van der Waals surface area contributed by atoms with Crippen LogP contribution in [-0.2, 0) is 0 Å². The highest BCUT2D eigenvalue weighted by atomic mass is 15.2. The zero-order valence-corrected chi connectivity index (χ0v) is 13.0. The molecule has 0 aromatic rings. The van der Waals surface area contributed by atoms with Gasteiger partial charge in [-0.2, -0.15) is 0 Å². The summed E-state index contributed by atoms with van der Waals surface area (Å²) in [5.74, 6) is 8.05. The van der Waals surface area contributed by atoms with Crippen LogP contribution in [0.3, 0.4) is 0 Å². The summed E-state index contributed by atoms with van der Waals surface area (Å²) in [6, 6.07) is 0. The Labute approximate surface area is 120 Å². The van der Waals surface area contributed by atoms with Crippen LogP contribution in [0.5, 0.6) is 0 Å². The SMILES string of the molecule is CC(C)CCC#CC1(N2CCCCC2)CCCCC1. The Bertz CT molecular complexity index is 308. The fraction of sp³-hybridized carbons (Fsp3) is 0.889.